The number of amides is 3. The SMILES string of the molecule is Nc1cccc(CN2CCN(c3cncc(Nc4ccc(-c5ccc(N6CCCC6=O)cc5)cn4)c3)C2=O)c1. The molecule has 2 aromatic heterocycles. The molecule has 0 unspecified atom stereocenters. The van der Waals surface area contributed by atoms with Crippen molar-refractivity contribution >= 4 is 40.5 Å². The Balaban J connectivity index is 1.10. The highest BCUT2D eigenvalue weighted by molar-refractivity contribution is 5.96. The quantitative estimate of drug-likeness (QED) is 0.331. The first-order chi connectivity index (χ1) is 19.0. The molecule has 0 radical (unpaired) electrons. The molecular weight excluding hydrogens is 490 g/mol. The first kappa shape index (κ1) is 24.4. The number of anilines is 5. The van der Waals surface area contributed by atoms with Gasteiger partial charge in [-0.1, -0.05) is 24.3 Å². The highest BCUT2D eigenvalue weighted by Gasteiger charge is 2.30. The molecule has 0 bridgehead atoms. The molecule has 196 valence electrons. The van der Waals surface area contributed by atoms with Gasteiger partial charge in [-0.2, -0.15) is 0 Å². The molecule has 0 spiro atoms. The van der Waals surface area contributed by atoms with E-state index in [1.807, 2.05) is 82.7 Å². The van der Waals surface area contributed by atoms with Gasteiger partial charge in [0.25, 0.3) is 0 Å². The summed E-state index contributed by atoms with van der Waals surface area (Å²) >= 11 is 0. The normalized spacial score (nSPS) is 15.3. The van der Waals surface area contributed by atoms with Crippen LogP contribution < -0.4 is 20.9 Å². The van der Waals surface area contributed by atoms with E-state index in [1.54, 1.807) is 17.3 Å². The van der Waals surface area contributed by atoms with Gasteiger partial charge in [-0.05, 0) is 60.0 Å². The molecule has 3 amide bonds. The van der Waals surface area contributed by atoms with Crippen molar-refractivity contribution in [1.29, 1.82) is 0 Å². The van der Waals surface area contributed by atoms with Crippen molar-refractivity contribution in [2.24, 2.45) is 0 Å². The number of carbonyl (C=O) groups is 2. The van der Waals surface area contributed by atoms with Crippen LogP contribution in [0.1, 0.15) is 18.4 Å². The zero-order valence-electron chi connectivity index (χ0n) is 21.5. The van der Waals surface area contributed by atoms with E-state index < -0.39 is 0 Å². The second-order valence-electron chi connectivity index (χ2n) is 9.79. The summed E-state index contributed by atoms with van der Waals surface area (Å²) in [5.74, 6) is 0.857. The minimum atomic E-state index is -0.0565. The minimum Gasteiger partial charge on any atom is -0.399 e. The number of aromatic nitrogens is 2. The molecule has 0 saturated carbocycles. The van der Waals surface area contributed by atoms with Crippen LogP contribution >= 0.6 is 0 Å². The van der Waals surface area contributed by atoms with Crippen LogP contribution in [-0.2, 0) is 11.3 Å². The van der Waals surface area contributed by atoms with Crippen molar-refractivity contribution in [3.05, 3.63) is 90.9 Å². The Morgan fingerprint density at radius 2 is 1.67 bits per heavy atom. The zero-order valence-corrected chi connectivity index (χ0v) is 21.5. The molecule has 2 aliphatic heterocycles. The molecule has 6 rings (SSSR count). The molecule has 0 atom stereocenters. The van der Waals surface area contributed by atoms with Gasteiger partial charge in [0.15, 0.2) is 0 Å². The van der Waals surface area contributed by atoms with E-state index >= 15 is 0 Å². The number of hydrogen-bond acceptors (Lipinski definition) is 6. The number of nitrogens with zero attached hydrogens (tertiary/aromatic N) is 5. The maximum absolute atomic E-state index is 13.1. The molecule has 4 aromatic rings. The molecule has 4 heterocycles. The fraction of sp³-hybridized carbons (Fsp3) is 0.200. The summed E-state index contributed by atoms with van der Waals surface area (Å²) in [7, 11) is 0. The Morgan fingerprint density at radius 1 is 0.821 bits per heavy atom. The standard InChI is InChI=1S/C30H29N7O2/c31-24-4-1-3-21(15-24)20-35-13-14-37(30(35)39)27-16-25(18-32-19-27)34-28-11-8-23(17-33-28)22-6-9-26(10-7-22)36-12-2-5-29(36)38/h1,3-4,6-11,15-19H,2,5,12-14,20,31H2,(H,33,34). The van der Waals surface area contributed by atoms with Gasteiger partial charge in [-0.25, -0.2) is 9.78 Å². The number of hydrogen-bond donors (Lipinski definition) is 2. The van der Waals surface area contributed by atoms with Crippen LogP contribution in [0.2, 0.25) is 0 Å². The second kappa shape index (κ2) is 10.4. The lowest BCUT2D eigenvalue weighted by Gasteiger charge is -2.19. The van der Waals surface area contributed by atoms with Gasteiger partial charge in [-0.3, -0.25) is 14.7 Å². The highest BCUT2D eigenvalue weighted by Crippen LogP contribution is 2.28. The van der Waals surface area contributed by atoms with Crippen LogP contribution in [0.4, 0.5) is 33.4 Å². The van der Waals surface area contributed by atoms with Crippen LogP contribution in [0.15, 0.2) is 85.3 Å². The van der Waals surface area contributed by atoms with Crippen LogP contribution in [0.3, 0.4) is 0 Å². The number of nitrogens with one attached hydrogen (secondary N) is 1. The summed E-state index contributed by atoms with van der Waals surface area (Å²) in [4.78, 5) is 39.4. The van der Waals surface area contributed by atoms with Crippen molar-refractivity contribution in [2.45, 2.75) is 19.4 Å². The summed E-state index contributed by atoms with van der Waals surface area (Å²) in [5, 5.41) is 3.29. The largest absolute Gasteiger partial charge is 0.399 e. The summed E-state index contributed by atoms with van der Waals surface area (Å²) in [6.07, 6.45) is 6.75. The summed E-state index contributed by atoms with van der Waals surface area (Å²) in [5.41, 5.74) is 12.0. The van der Waals surface area contributed by atoms with E-state index in [9.17, 15) is 9.59 Å². The van der Waals surface area contributed by atoms with Crippen molar-refractivity contribution < 1.29 is 9.59 Å². The van der Waals surface area contributed by atoms with E-state index in [4.69, 9.17) is 5.73 Å². The summed E-state index contributed by atoms with van der Waals surface area (Å²) < 4.78 is 0. The van der Waals surface area contributed by atoms with E-state index in [0.717, 1.165) is 46.7 Å². The van der Waals surface area contributed by atoms with E-state index in [0.29, 0.717) is 37.6 Å². The molecular formula is C30H29N7O2. The number of pyridine rings is 2. The monoisotopic (exact) mass is 519 g/mol. The maximum atomic E-state index is 13.1. The lowest BCUT2D eigenvalue weighted by Crippen LogP contribution is -2.31. The molecule has 2 aromatic carbocycles. The van der Waals surface area contributed by atoms with Crippen molar-refractivity contribution in [3.8, 4) is 11.1 Å². The smallest absolute Gasteiger partial charge is 0.324 e. The van der Waals surface area contributed by atoms with Gasteiger partial charge in [0, 0.05) is 55.7 Å². The molecule has 3 N–H and O–H groups in total. The predicted molar refractivity (Wildman–Crippen MR) is 153 cm³/mol. The van der Waals surface area contributed by atoms with Crippen LogP contribution in [0.5, 0.6) is 0 Å². The molecule has 2 fully saturated rings. The van der Waals surface area contributed by atoms with Crippen molar-refractivity contribution in [1.82, 2.24) is 14.9 Å². The van der Waals surface area contributed by atoms with Gasteiger partial charge in [-0.15, -0.1) is 0 Å². The average Bonchev–Trinajstić information content (AvgIpc) is 3.54. The third-order valence-electron chi connectivity index (χ3n) is 7.08. The molecule has 39 heavy (non-hydrogen) atoms. The zero-order chi connectivity index (χ0) is 26.8. The maximum Gasteiger partial charge on any atom is 0.324 e. The molecule has 2 aliphatic rings. The first-order valence-corrected chi connectivity index (χ1v) is 13.0. The Labute approximate surface area is 226 Å². The number of carbonyl (C=O) groups excluding carboxylic acids is 2. The fourth-order valence-corrected chi connectivity index (χ4v) is 5.07. The molecule has 9 nitrogen and oxygen atoms in total. The summed E-state index contributed by atoms with van der Waals surface area (Å²) in [6.45, 7) is 2.51. The van der Waals surface area contributed by atoms with Gasteiger partial charge < -0.3 is 20.9 Å². The van der Waals surface area contributed by atoms with Crippen LogP contribution in [-0.4, -0.2) is 46.4 Å². The third kappa shape index (κ3) is 5.24. The number of rotatable bonds is 7. The number of benzene rings is 2. The van der Waals surface area contributed by atoms with Crippen LogP contribution in [0, 0.1) is 0 Å². The number of nitrogens with two attached hydrogens (primary N) is 1. The van der Waals surface area contributed by atoms with Gasteiger partial charge in [0.05, 0.1) is 23.8 Å². The molecule has 0 aliphatic carbocycles. The minimum absolute atomic E-state index is 0.0565. The fourth-order valence-electron chi connectivity index (χ4n) is 5.07. The third-order valence-corrected chi connectivity index (χ3v) is 7.08. The summed E-state index contributed by atoms with van der Waals surface area (Å²) in [6, 6.07) is 21.4. The van der Waals surface area contributed by atoms with E-state index in [2.05, 4.69) is 15.3 Å². The Morgan fingerprint density at radius 3 is 2.41 bits per heavy atom. The Bertz CT molecular complexity index is 1500. The first-order valence-electron chi connectivity index (χ1n) is 13.0. The lowest BCUT2D eigenvalue weighted by atomic mass is 10.1. The highest BCUT2D eigenvalue weighted by atomic mass is 16.2. The van der Waals surface area contributed by atoms with Gasteiger partial charge in [0.1, 0.15) is 5.82 Å². The number of urea groups is 1. The topological polar surface area (TPSA) is 108 Å². The van der Waals surface area contributed by atoms with Crippen LogP contribution in [0.25, 0.3) is 11.1 Å². The second-order valence-corrected chi connectivity index (χ2v) is 9.79. The Kier molecular flexibility index (Phi) is 6.54. The molecule has 2 saturated heterocycles. The van der Waals surface area contributed by atoms with Gasteiger partial charge >= 0.3 is 6.03 Å². The molecule has 9 heteroatoms. The van der Waals surface area contributed by atoms with Crippen molar-refractivity contribution in [3.63, 3.8) is 0 Å². The lowest BCUT2D eigenvalue weighted by molar-refractivity contribution is -0.117. The Hall–Kier alpha value is -4.92. The van der Waals surface area contributed by atoms with E-state index in [1.165, 1.54) is 0 Å². The predicted octanol–water partition coefficient (Wildman–Crippen LogP) is 5.04. The van der Waals surface area contributed by atoms with E-state index in [-0.39, 0.29) is 11.9 Å². The van der Waals surface area contributed by atoms with Crippen molar-refractivity contribution in [2.75, 3.05) is 40.5 Å². The van der Waals surface area contributed by atoms with Gasteiger partial charge in [0.2, 0.25) is 5.91 Å². The average molecular weight is 520 g/mol. The number of nitrogen functional groups attached to an aromatic ring is 1.